The summed E-state index contributed by atoms with van der Waals surface area (Å²) in [5.74, 6) is 1.29. The highest BCUT2D eigenvalue weighted by molar-refractivity contribution is 9.09. The molecule has 1 heterocycles. The van der Waals surface area contributed by atoms with Gasteiger partial charge in [-0.2, -0.15) is 0 Å². The molecular weight excluding hydrogens is 344 g/mol. The molecule has 116 valence electrons. The minimum Gasteiger partial charge on any atom is -0.467 e. The SMILES string of the molecule is CCOC(=O)C(Br)c1cc(OCOC)c(C)c2c1OCO2. The Morgan fingerprint density at radius 3 is 2.81 bits per heavy atom. The van der Waals surface area contributed by atoms with Crippen LogP contribution in [-0.2, 0) is 14.3 Å². The van der Waals surface area contributed by atoms with E-state index in [9.17, 15) is 4.79 Å². The van der Waals surface area contributed by atoms with Crippen molar-refractivity contribution < 1.29 is 28.5 Å². The standard InChI is InChI=1S/C14H17BrO6/c1-4-18-14(16)11(15)9-5-10(19-6-17-3)8(2)12-13(9)21-7-20-12/h5,11H,4,6-7H2,1-3H3. The average molecular weight is 361 g/mol. The second-order valence-corrected chi connectivity index (χ2v) is 5.23. The molecule has 0 aliphatic carbocycles. The maximum atomic E-state index is 11.9. The van der Waals surface area contributed by atoms with Crippen LogP contribution < -0.4 is 14.2 Å². The van der Waals surface area contributed by atoms with Crippen LogP contribution in [0.3, 0.4) is 0 Å². The van der Waals surface area contributed by atoms with E-state index in [4.69, 9.17) is 23.7 Å². The monoisotopic (exact) mass is 360 g/mol. The van der Waals surface area contributed by atoms with Crippen molar-refractivity contribution in [3.63, 3.8) is 0 Å². The van der Waals surface area contributed by atoms with Crippen LogP contribution in [0.2, 0.25) is 0 Å². The predicted molar refractivity (Wildman–Crippen MR) is 78.1 cm³/mol. The molecule has 0 radical (unpaired) electrons. The van der Waals surface area contributed by atoms with E-state index >= 15 is 0 Å². The number of fused-ring (bicyclic) bond motifs is 1. The lowest BCUT2D eigenvalue weighted by Crippen LogP contribution is -2.12. The highest BCUT2D eigenvalue weighted by Crippen LogP contribution is 2.47. The summed E-state index contributed by atoms with van der Waals surface area (Å²) in [6.45, 7) is 4.13. The molecule has 0 N–H and O–H groups in total. The number of carbonyl (C=O) groups excluding carboxylic acids is 1. The smallest absolute Gasteiger partial charge is 0.324 e. The van der Waals surface area contributed by atoms with Gasteiger partial charge in [0.15, 0.2) is 18.3 Å². The van der Waals surface area contributed by atoms with Crippen LogP contribution in [0.5, 0.6) is 17.2 Å². The van der Waals surface area contributed by atoms with Crippen LogP contribution in [0.25, 0.3) is 0 Å². The summed E-state index contributed by atoms with van der Waals surface area (Å²) < 4.78 is 26.4. The molecule has 0 bridgehead atoms. The molecule has 7 heteroatoms. The maximum Gasteiger partial charge on any atom is 0.324 e. The Balaban J connectivity index is 2.40. The number of esters is 1. The molecule has 6 nitrogen and oxygen atoms in total. The summed E-state index contributed by atoms with van der Waals surface area (Å²) >= 11 is 3.34. The minimum absolute atomic E-state index is 0.103. The van der Waals surface area contributed by atoms with Gasteiger partial charge < -0.3 is 23.7 Å². The summed E-state index contributed by atoms with van der Waals surface area (Å²) in [6.07, 6.45) is 0. The molecule has 0 saturated heterocycles. The molecule has 1 unspecified atom stereocenters. The van der Waals surface area contributed by atoms with Crippen LogP contribution in [0.1, 0.15) is 22.9 Å². The lowest BCUT2D eigenvalue weighted by Gasteiger charge is -2.16. The number of benzene rings is 1. The van der Waals surface area contributed by atoms with E-state index in [0.717, 1.165) is 5.56 Å². The lowest BCUT2D eigenvalue weighted by atomic mass is 10.1. The molecule has 0 fully saturated rings. The Morgan fingerprint density at radius 1 is 1.43 bits per heavy atom. The number of halogens is 1. The number of ether oxygens (including phenoxy) is 5. The zero-order chi connectivity index (χ0) is 15.4. The fourth-order valence-electron chi connectivity index (χ4n) is 2.00. The van der Waals surface area contributed by atoms with Crippen molar-refractivity contribution in [3.05, 3.63) is 17.2 Å². The zero-order valence-corrected chi connectivity index (χ0v) is 13.7. The van der Waals surface area contributed by atoms with Crippen LogP contribution in [-0.4, -0.2) is 33.3 Å². The number of rotatable bonds is 6. The highest BCUT2D eigenvalue weighted by atomic mass is 79.9. The van der Waals surface area contributed by atoms with E-state index in [1.54, 1.807) is 13.0 Å². The van der Waals surface area contributed by atoms with Gasteiger partial charge >= 0.3 is 5.97 Å². The Morgan fingerprint density at radius 2 is 2.14 bits per heavy atom. The van der Waals surface area contributed by atoms with E-state index in [-0.39, 0.29) is 13.6 Å². The van der Waals surface area contributed by atoms with Gasteiger partial charge in [-0.05, 0) is 19.9 Å². The Bertz CT molecular complexity index is 531. The molecule has 1 atom stereocenters. The average Bonchev–Trinajstić information content (AvgIpc) is 2.96. The van der Waals surface area contributed by atoms with Gasteiger partial charge in [0.05, 0.1) is 6.61 Å². The van der Waals surface area contributed by atoms with Gasteiger partial charge in [-0.3, -0.25) is 4.79 Å². The number of alkyl halides is 1. The first-order valence-corrected chi connectivity index (χ1v) is 7.37. The summed E-state index contributed by atoms with van der Waals surface area (Å²) in [6, 6.07) is 1.73. The second-order valence-electron chi connectivity index (χ2n) is 4.32. The Labute approximate surface area is 131 Å². The number of hydrogen-bond acceptors (Lipinski definition) is 6. The third-order valence-corrected chi connectivity index (χ3v) is 3.84. The predicted octanol–water partition coefficient (Wildman–Crippen LogP) is 2.71. The molecule has 1 aliphatic heterocycles. The summed E-state index contributed by atoms with van der Waals surface area (Å²) in [4.78, 5) is 11.3. The van der Waals surface area contributed by atoms with Crippen molar-refractivity contribution in [2.24, 2.45) is 0 Å². The van der Waals surface area contributed by atoms with Crippen LogP contribution in [0.4, 0.5) is 0 Å². The minimum atomic E-state index is -0.654. The van der Waals surface area contributed by atoms with Gasteiger partial charge in [0.2, 0.25) is 6.79 Å². The number of carbonyl (C=O) groups is 1. The maximum absolute atomic E-state index is 11.9. The van der Waals surface area contributed by atoms with E-state index in [2.05, 4.69) is 15.9 Å². The largest absolute Gasteiger partial charge is 0.467 e. The fraction of sp³-hybridized carbons (Fsp3) is 0.500. The summed E-state index contributed by atoms with van der Waals surface area (Å²) in [7, 11) is 1.54. The Kier molecular flexibility index (Phi) is 5.30. The molecule has 0 spiro atoms. The number of methoxy groups -OCH3 is 1. The molecule has 0 amide bonds. The first-order chi connectivity index (χ1) is 10.1. The van der Waals surface area contributed by atoms with Crippen LogP contribution in [0, 0.1) is 6.92 Å². The van der Waals surface area contributed by atoms with E-state index in [1.807, 2.05) is 6.92 Å². The van der Waals surface area contributed by atoms with Gasteiger partial charge in [0.25, 0.3) is 0 Å². The lowest BCUT2D eigenvalue weighted by molar-refractivity contribution is -0.142. The molecule has 0 saturated carbocycles. The summed E-state index contributed by atoms with van der Waals surface area (Å²) in [5, 5.41) is 0. The van der Waals surface area contributed by atoms with Crippen molar-refractivity contribution in [1.29, 1.82) is 0 Å². The van der Waals surface area contributed by atoms with E-state index < -0.39 is 10.8 Å². The van der Waals surface area contributed by atoms with Gasteiger partial charge in [0, 0.05) is 18.2 Å². The van der Waals surface area contributed by atoms with Crippen molar-refractivity contribution in [2.75, 3.05) is 27.3 Å². The normalized spacial score (nSPS) is 13.9. The third kappa shape index (κ3) is 3.24. The molecule has 1 aromatic rings. The van der Waals surface area contributed by atoms with E-state index in [1.165, 1.54) is 7.11 Å². The molecular formula is C14H17BrO6. The third-order valence-electron chi connectivity index (χ3n) is 2.97. The molecule has 1 aromatic carbocycles. The van der Waals surface area contributed by atoms with Gasteiger partial charge in [0.1, 0.15) is 10.6 Å². The molecule has 1 aliphatic rings. The zero-order valence-electron chi connectivity index (χ0n) is 12.1. The topological polar surface area (TPSA) is 63.2 Å². The van der Waals surface area contributed by atoms with Crippen molar-refractivity contribution >= 4 is 21.9 Å². The van der Waals surface area contributed by atoms with Gasteiger partial charge in [-0.25, -0.2) is 0 Å². The molecule has 21 heavy (non-hydrogen) atoms. The van der Waals surface area contributed by atoms with Crippen LogP contribution in [0.15, 0.2) is 6.07 Å². The summed E-state index contributed by atoms with van der Waals surface area (Å²) in [5.41, 5.74) is 1.41. The van der Waals surface area contributed by atoms with Crippen molar-refractivity contribution in [2.45, 2.75) is 18.7 Å². The second kappa shape index (κ2) is 7.00. The highest BCUT2D eigenvalue weighted by Gasteiger charge is 2.30. The van der Waals surface area contributed by atoms with E-state index in [0.29, 0.717) is 29.4 Å². The first-order valence-electron chi connectivity index (χ1n) is 6.45. The fourth-order valence-corrected chi connectivity index (χ4v) is 2.47. The quantitative estimate of drug-likeness (QED) is 0.441. The molecule has 2 rings (SSSR count). The van der Waals surface area contributed by atoms with Crippen molar-refractivity contribution in [3.8, 4) is 17.2 Å². The molecule has 0 aromatic heterocycles. The van der Waals surface area contributed by atoms with Crippen LogP contribution >= 0.6 is 15.9 Å². The Hall–Kier alpha value is -1.47. The van der Waals surface area contributed by atoms with Gasteiger partial charge in [-0.15, -0.1) is 0 Å². The number of hydrogen-bond donors (Lipinski definition) is 0. The van der Waals surface area contributed by atoms with Crippen molar-refractivity contribution in [1.82, 2.24) is 0 Å². The van der Waals surface area contributed by atoms with Gasteiger partial charge in [-0.1, -0.05) is 15.9 Å². The first kappa shape index (κ1) is 15.9.